The van der Waals surface area contributed by atoms with Crippen molar-refractivity contribution in [2.45, 2.75) is 144 Å². The number of rotatable bonds is 9. The van der Waals surface area contributed by atoms with Crippen molar-refractivity contribution in [3.05, 3.63) is 11.5 Å². The lowest BCUT2D eigenvalue weighted by atomic mass is 10.0. The van der Waals surface area contributed by atoms with Crippen LogP contribution in [0.25, 0.3) is 11.2 Å². The molecule has 2 saturated heterocycles. The van der Waals surface area contributed by atoms with Crippen LogP contribution in [0.3, 0.4) is 0 Å². The molecule has 262 valence electrons. The van der Waals surface area contributed by atoms with Gasteiger partial charge in [-0.15, -0.1) is 17.3 Å². The third-order valence-corrected chi connectivity index (χ3v) is 28.9. The van der Waals surface area contributed by atoms with Crippen LogP contribution in [-0.4, -0.2) is 72.0 Å². The van der Waals surface area contributed by atoms with Gasteiger partial charge in [0, 0.05) is 6.92 Å². The molecule has 0 saturated carbocycles. The SMILES string of the molecule is CC[Si](C#C[C@@]12CO[Si](C(C)C)(C(C)C)O[Si](C(C)C)(C(C)C)O[C@H]1C(I)C(n1cnc3c(Cl)nc(NC(C)=O)nc31)S2)(CC)CC. The van der Waals surface area contributed by atoms with Crippen molar-refractivity contribution in [1.29, 1.82) is 0 Å². The van der Waals surface area contributed by atoms with E-state index in [9.17, 15) is 4.79 Å². The molecular weight excluding hydrogens is 797 g/mol. The second-order valence-electron chi connectivity index (χ2n) is 14.3. The zero-order valence-electron chi connectivity index (χ0n) is 30.0. The molecule has 2 fully saturated rings. The number of fused-ring (bicyclic) bond motifs is 2. The topological polar surface area (TPSA) is 100 Å². The summed E-state index contributed by atoms with van der Waals surface area (Å²) < 4.78 is 24.0. The van der Waals surface area contributed by atoms with E-state index in [1.165, 1.54) is 6.92 Å². The van der Waals surface area contributed by atoms with Gasteiger partial charge in [0.2, 0.25) is 11.9 Å². The zero-order chi connectivity index (χ0) is 35.1. The molecule has 1 N–H and O–H groups in total. The highest BCUT2D eigenvalue weighted by Gasteiger charge is 2.65. The summed E-state index contributed by atoms with van der Waals surface area (Å²) in [5.41, 5.74) is 5.88. The average molecular weight is 850 g/mol. The molecular formula is C32H53ClIN5O4SSi3. The smallest absolute Gasteiger partial charge is 0.335 e. The first kappa shape index (κ1) is 39.3. The molecule has 4 rings (SSSR count). The number of nitrogens with zero attached hydrogens (tertiary/aromatic N) is 4. The summed E-state index contributed by atoms with van der Waals surface area (Å²) in [6.45, 7) is 26.8. The Balaban J connectivity index is 2.00. The highest BCUT2D eigenvalue weighted by molar-refractivity contribution is 14.1. The lowest BCUT2D eigenvalue weighted by Gasteiger charge is -2.53. The molecule has 47 heavy (non-hydrogen) atoms. The second kappa shape index (κ2) is 15.0. The number of hydrogen-bond acceptors (Lipinski definition) is 8. The number of thioether (sulfide) groups is 1. The lowest BCUT2D eigenvalue weighted by Crippen LogP contribution is -2.67. The van der Waals surface area contributed by atoms with Gasteiger partial charge in [0.25, 0.3) is 0 Å². The number of nitrogens with one attached hydrogen (secondary N) is 1. The molecule has 4 heterocycles. The molecule has 9 nitrogen and oxygen atoms in total. The molecule has 0 aromatic carbocycles. The van der Waals surface area contributed by atoms with Gasteiger partial charge >= 0.3 is 17.1 Å². The van der Waals surface area contributed by atoms with E-state index in [0.717, 1.165) is 18.1 Å². The summed E-state index contributed by atoms with van der Waals surface area (Å²) in [5.74, 6) is 3.85. The van der Waals surface area contributed by atoms with Crippen LogP contribution in [0.2, 0.25) is 45.5 Å². The van der Waals surface area contributed by atoms with Gasteiger partial charge in [-0.05, 0) is 40.3 Å². The van der Waals surface area contributed by atoms with Gasteiger partial charge < -0.3 is 17.5 Å². The van der Waals surface area contributed by atoms with Crippen molar-refractivity contribution in [1.82, 2.24) is 19.5 Å². The van der Waals surface area contributed by atoms with Crippen LogP contribution in [0.4, 0.5) is 5.95 Å². The van der Waals surface area contributed by atoms with E-state index in [4.69, 9.17) is 29.6 Å². The molecule has 2 aromatic rings. The molecule has 0 radical (unpaired) electrons. The van der Waals surface area contributed by atoms with E-state index in [0.29, 0.717) is 17.8 Å². The molecule has 0 aliphatic carbocycles. The Morgan fingerprint density at radius 3 is 2.17 bits per heavy atom. The van der Waals surface area contributed by atoms with Gasteiger partial charge in [-0.1, -0.05) is 116 Å². The molecule has 0 bridgehead atoms. The van der Waals surface area contributed by atoms with Crippen LogP contribution < -0.4 is 5.32 Å². The molecule has 2 aliphatic heterocycles. The van der Waals surface area contributed by atoms with Gasteiger partial charge in [0.1, 0.15) is 18.3 Å². The van der Waals surface area contributed by atoms with E-state index in [-0.39, 0.29) is 54.6 Å². The Bertz CT molecular complexity index is 1490. The van der Waals surface area contributed by atoms with Crippen LogP contribution in [0.15, 0.2) is 6.33 Å². The highest BCUT2D eigenvalue weighted by atomic mass is 127. The Kier molecular flexibility index (Phi) is 12.5. The Morgan fingerprint density at radius 2 is 1.66 bits per heavy atom. The molecule has 1 amide bonds. The number of carbonyl (C=O) groups excluding carboxylic acids is 1. The summed E-state index contributed by atoms with van der Waals surface area (Å²) in [4.78, 5) is 25.5. The number of aromatic nitrogens is 4. The minimum absolute atomic E-state index is 0.0351. The zero-order valence-corrected chi connectivity index (χ0v) is 36.8. The summed E-state index contributed by atoms with van der Waals surface area (Å²) in [7, 11) is -7.55. The van der Waals surface area contributed by atoms with Gasteiger partial charge in [-0.25, -0.2) is 4.98 Å². The molecule has 2 aliphatic rings. The normalized spacial score (nSPS) is 26.0. The first-order chi connectivity index (χ1) is 22.0. The van der Waals surface area contributed by atoms with Crippen LogP contribution in [0.5, 0.6) is 0 Å². The maximum absolute atomic E-state index is 11.9. The third-order valence-electron chi connectivity index (χ3n) is 10.2. The van der Waals surface area contributed by atoms with E-state index in [1.807, 2.05) is 0 Å². The summed E-state index contributed by atoms with van der Waals surface area (Å²) in [5, 5.41) is 2.73. The Labute approximate surface area is 307 Å². The van der Waals surface area contributed by atoms with E-state index < -0.39 is 29.9 Å². The van der Waals surface area contributed by atoms with Crippen LogP contribution in [-0.2, 0) is 17.8 Å². The number of alkyl halides is 1. The van der Waals surface area contributed by atoms with Crippen molar-refractivity contribution in [3.63, 3.8) is 0 Å². The first-order valence-electron chi connectivity index (χ1n) is 17.0. The van der Waals surface area contributed by atoms with Crippen molar-refractivity contribution >= 4 is 94.2 Å². The summed E-state index contributed by atoms with van der Waals surface area (Å²) >= 11 is 10.9. The number of imidazole rings is 1. The minimum Gasteiger partial charge on any atom is -0.414 e. The van der Waals surface area contributed by atoms with Gasteiger partial charge in [0.05, 0.1) is 28.3 Å². The summed E-state index contributed by atoms with van der Waals surface area (Å²) in [6.07, 6.45) is 1.51. The van der Waals surface area contributed by atoms with Crippen LogP contribution >= 0.6 is 46.0 Å². The second-order valence-corrected chi connectivity index (χ2v) is 31.3. The largest absolute Gasteiger partial charge is 0.414 e. The van der Waals surface area contributed by atoms with E-state index >= 15 is 0 Å². The standard InChI is InChI=1S/C32H53ClIN5O4SSi3/c1-13-45(14-2,15-3)17-16-32-18-41-46(20(4)5,21(6)7)43-47(22(8)9,23(10)11)42-27(32)25(34)30(44-32)39-19-35-26-28(33)37-31(36-24(12)40)38-29(26)39/h19-23,25,27,30H,13-15,18H2,1-12H3,(H,36,37,38,40)/t25?,27-,30?,32+/m0/s1. The quantitative estimate of drug-likeness (QED) is 0.0877. The third kappa shape index (κ3) is 7.17. The number of hydrogen-bond donors (Lipinski definition) is 1. The highest BCUT2D eigenvalue weighted by Crippen LogP contribution is 2.59. The van der Waals surface area contributed by atoms with Gasteiger partial charge in [-0.3, -0.25) is 10.1 Å². The summed E-state index contributed by atoms with van der Waals surface area (Å²) in [6, 6.07) is 3.34. The molecule has 2 aromatic heterocycles. The van der Waals surface area contributed by atoms with Gasteiger partial charge in [-0.2, -0.15) is 9.97 Å². The van der Waals surface area contributed by atoms with E-state index in [2.05, 4.69) is 130 Å². The number of halogens is 2. The predicted molar refractivity (Wildman–Crippen MR) is 211 cm³/mol. The molecule has 2 unspecified atom stereocenters. The Morgan fingerprint density at radius 1 is 1.09 bits per heavy atom. The maximum Gasteiger partial charge on any atom is 0.335 e. The van der Waals surface area contributed by atoms with E-state index in [1.54, 1.807) is 18.1 Å². The number of carbonyl (C=O) groups is 1. The fourth-order valence-corrected chi connectivity index (χ4v) is 24.9. The van der Waals surface area contributed by atoms with Crippen molar-refractivity contribution < 1.29 is 17.8 Å². The fraction of sp³-hybridized carbons (Fsp3) is 0.750. The minimum atomic E-state index is -2.92. The number of amides is 1. The average Bonchev–Trinajstić information content (AvgIpc) is 3.52. The van der Waals surface area contributed by atoms with Gasteiger partial charge in [0.15, 0.2) is 10.8 Å². The maximum atomic E-state index is 11.9. The monoisotopic (exact) mass is 849 g/mol. The first-order valence-corrected chi connectivity index (χ1v) is 26.1. The molecule has 0 spiro atoms. The fourth-order valence-electron chi connectivity index (χ4n) is 7.04. The van der Waals surface area contributed by atoms with Crippen molar-refractivity contribution in [2.24, 2.45) is 0 Å². The number of anilines is 1. The van der Waals surface area contributed by atoms with Crippen molar-refractivity contribution in [2.75, 3.05) is 11.9 Å². The van der Waals surface area contributed by atoms with Crippen LogP contribution in [0, 0.1) is 11.5 Å². The van der Waals surface area contributed by atoms with Crippen LogP contribution in [0.1, 0.15) is 88.5 Å². The lowest BCUT2D eigenvalue weighted by molar-refractivity contribution is -0.114. The molecule has 4 atom stereocenters. The molecule has 15 heteroatoms. The Hall–Kier alpha value is -0.519. The van der Waals surface area contributed by atoms with Crippen molar-refractivity contribution in [3.8, 4) is 11.5 Å². The predicted octanol–water partition coefficient (Wildman–Crippen LogP) is 9.23.